The highest BCUT2D eigenvalue weighted by Gasteiger charge is 2.32. The quantitative estimate of drug-likeness (QED) is 0.167. The Bertz CT molecular complexity index is 1860. The number of anilines is 1. The molecule has 4 aromatic heterocycles. The number of thiophene rings is 1. The highest BCUT2D eigenvalue weighted by molar-refractivity contribution is 9.10. The van der Waals surface area contributed by atoms with Crippen LogP contribution in [0.4, 0.5) is 10.7 Å². The van der Waals surface area contributed by atoms with Gasteiger partial charge in [-0.05, 0) is 78.3 Å². The molecule has 1 atom stereocenters. The van der Waals surface area contributed by atoms with Crippen LogP contribution in [0.1, 0.15) is 38.8 Å². The van der Waals surface area contributed by atoms with Crippen molar-refractivity contribution in [2.24, 2.45) is 0 Å². The Balaban J connectivity index is 1.35. The number of amides is 1. The van der Waals surface area contributed by atoms with E-state index in [9.17, 15) is 4.79 Å². The van der Waals surface area contributed by atoms with E-state index in [-0.39, 0.29) is 12.1 Å². The second kappa shape index (κ2) is 12.4. The summed E-state index contributed by atoms with van der Waals surface area (Å²) in [5.74, 6) is 2.19. The van der Waals surface area contributed by atoms with E-state index in [2.05, 4.69) is 37.0 Å². The molecular formula is C32H35BrN6O5S. The topological polar surface area (TPSA) is 113 Å². The first-order valence-electron chi connectivity index (χ1n) is 14.5. The molecule has 5 aromatic rings. The van der Waals surface area contributed by atoms with Crippen LogP contribution in [0.5, 0.6) is 17.2 Å². The summed E-state index contributed by atoms with van der Waals surface area (Å²) in [6.07, 6.45) is 4.52. The van der Waals surface area contributed by atoms with Crippen LogP contribution in [-0.4, -0.2) is 70.5 Å². The standard InChI is InChI=1S/C32H35BrN6O5S/c1-32(2,3)44-31(40)38-9-7-19(16-38)39-17-21(20-13-26(33)34-15-23(20)39)27-29-22(8-10-45-29)36-30(37-27)35-14-18-11-24(41-4)28(43-6)25(12-18)42-5/h8,10-13,15,17,19H,7,9,14,16H2,1-6H3,(H,35,36,37). The zero-order valence-electron chi connectivity index (χ0n) is 26.0. The fraction of sp³-hybridized carbons (Fsp3) is 0.375. The van der Waals surface area contributed by atoms with Gasteiger partial charge in [0, 0.05) is 36.8 Å². The minimum absolute atomic E-state index is 0.0648. The van der Waals surface area contributed by atoms with Crippen molar-refractivity contribution in [2.45, 2.75) is 45.4 Å². The van der Waals surface area contributed by atoms with Crippen LogP contribution >= 0.6 is 27.3 Å². The van der Waals surface area contributed by atoms with E-state index >= 15 is 0 Å². The third-order valence-corrected chi connectivity index (χ3v) is 8.97. The molecule has 1 aliphatic rings. The number of likely N-dealkylation sites (tertiary alicyclic amines) is 1. The molecule has 1 amide bonds. The summed E-state index contributed by atoms with van der Waals surface area (Å²) < 4.78 is 26.1. The summed E-state index contributed by atoms with van der Waals surface area (Å²) in [6, 6.07) is 7.89. The molecule has 0 spiro atoms. The second-order valence-corrected chi connectivity index (χ2v) is 13.5. The number of methoxy groups -OCH3 is 3. The van der Waals surface area contributed by atoms with Gasteiger partial charge in [-0.3, -0.25) is 0 Å². The second-order valence-electron chi connectivity index (χ2n) is 11.8. The maximum Gasteiger partial charge on any atom is 0.410 e. The average Bonchev–Trinajstić information content (AvgIpc) is 3.76. The van der Waals surface area contributed by atoms with Crippen molar-refractivity contribution in [1.29, 1.82) is 0 Å². The lowest BCUT2D eigenvalue weighted by Crippen LogP contribution is -2.35. The highest BCUT2D eigenvalue weighted by atomic mass is 79.9. The van der Waals surface area contributed by atoms with E-state index in [0.29, 0.717) is 42.8 Å². The molecule has 13 heteroatoms. The number of hydrogen-bond acceptors (Lipinski definition) is 10. The number of benzene rings is 1. The average molecular weight is 696 g/mol. The van der Waals surface area contributed by atoms with Gasteiger partial charge in [-0.1, -0.05) is 0 Å². The molecule has 1 aromatic carbocycles. The molecule has 0 saturated carbocycles. The number of aromatic nitrogens is 4. The third-order valence-electron chi connectivity index (χ3n) is 7.63. The number of pyridine rings is 1. The normalized spacial score (nSPS) is 15.1. The summed E-state index contributed by atoms with van der Waals surface area (Å²) in [6.45, 7) is 7.26. The van der Waals surface area contributed by atoms with Crippen LogP contribution in [0.25, 0.3) is 32.4 Å². The van der Waals surface area contributed by atoms with Gasteiger partial charge in [-0.2, -0.15) is 0 Å². The Hall–Kier alpha value is -4.10. The van der Waals surface area contributed by atoms with Crippen molar-refractivity contribution in [1.82, 2.24) is 24.4 Å². The van der Waals surface area contributed by atoms with Crippen molar-refractivity contribution in [2.75, 3.05) is 39.7 Å². The molecule has 5 heterocycles. The van der Waals surface area contributed by atoms with Gasteiger partial charge >= 0.3 is 6.09 Å². The molecule has 236 valence electrons. The fourth-order valence-electron chi connectivity index (χ4n) is 5.62. The summed E-state index contributed by atoms with van der Waals surface area (Å²) >= 11 is 5.17. The summed E-state index contributed by atoms with van der Waals surface area (Å²) in [7, 11) is 4.78. The summed E-state index contributed by atoms with van der Waals surface area (Å²) in [4.78, 5) is 29.0. The molecule has 1 unspecified atom stereocenters. The van der Waals surface area contributed by atoms with Gasteiger partial charge in [0.2, 0.25) is 11.7 Å². The van der Waals surface area contributed by atoms with Crippen LogP contribution < -0.4 is 19.5 Å². The number of ether oxygens (including phenoxy) is 4. The predicted molar refractivity (Wildman–Crippen MR) is 179 cm³/mol. The minimum atomic E-state index is -0.547. The van der Waals surface area contributed by atoms with E-state index in [0.717, 1.165) is 49.0 Å². The first kappa shape index (κ1) is 30.9. The molecule has 1 aliphatic heterocycles. The van der Waals surface area contributed by atoms with Crippen LogP contribution in [0.15, 0.2) is 46.6 Å². The van der Waals surface area contributed by atoms with Gasteiger partial charge in [0.05, 0.1) is 55.0 Å². The van der Waals surface area contributed by atoms with E-state index in [1.165, 1.54) is 0 Å². The molecule has 6 rings (SSSR count). The molecule has 1 N–H and O–H groups in total. The first-order chi connectivity index (χ1) is 21.6. The van der Waals surface area contributed by atoms with Crippen molar-refractivity contribution < 1.29 is 23.7 Å². The lowest BCUT2D eigenvalue weighted by Gasteiger charge is -2.24. The van der Waals surface area contributed by atoms with Gasteiger partial charge in [0.25, 0.3) is 0 Å². The minimum Gasteiger partial charge on any atom is -0.493 e. The SMILES string of the molecule is COc1cc(CNc2nc(-c3cn(C4CCN(C(=O)OC(C)(C)C)C4)c4cnc(Br)cc34)c3sccc3n2)cc(OC)c1OC. The number of halogens is 1. The van der Waals surface area contributed by atoms with E-state index in [1.807, 2.05) is 56.6 Å². The zero-order valence-corrected chi connectivity index (χ0v) is 28.4. The maximum absolute atomic E-state index is 12.8. The van der Waals surface area contributed by atoms with Gasteiger partial charge < -0.3 is 33.7 Å². The largest absolute Gasteiger partial charge is 0.493 e. The molecular weight excluding hydrogens is 660 g/mol. The van der Waals surface area contributed by atoms with Gasteiger partial charge in [-0.25, -0.2) is 19.7 Å². The molecule has 0 radical (unpaired) electrons. The molecule has 1 fully saturated rings. The number of nitrogens with one attached hydrogen (secondary N) is 1. The Labute approximate surface area is 273 Å². The molecule has 1 saturated heterocycles. The zero-order chi connectivity index (χ0) is 31.9. The van der Waals surface area contributed by atoms with Crippen molar-refractivity contribution >= 4 is 60.4 Å². The number of rotatable bonds is 8. The Kier molecular flexibility index (Phi) is 8.49. The predicted octanol–water partition coefficient (Wildman–Crippen LogP) is 7.29. The maximum atomic E-state index is 12.8. The van der Waals surface area contributed by atoms with Gasteiger partial charge in [0.15, 0.2) is 11.5 Å². The summed E-state index contributed by atoms with van der Waals surface area (Å²) in [5, 5.41) is 6.43. The van der Waals surface area contributed by atoms with Crippen molar-refractivity contribution in [3.63, 3.8) is 0 Å². The smallest absolute Gasteiger partial charge is 0.410 e. The van der Waals surface area contributed by atoms with Crippen molar-refractivity contribution in [3.05, 3.63) is 52.2 Å². The van der Waals surface area contributed by atoms with Gasteiger partial charge in [-0.15, -0.1) is 11.3 Å². The van der Waals surface area contributed by atoms with Crippen LogP contribution in [-0.2, 0) is 11.3 Å². The van der Waals surface area contributed by atoms with E-state index in [1.54, 1.807) is 37.6 Å². The highest BCUT2D eigenvalue weighted by Crippen LogP contribution is 2.41. The number of hydrogen-bond donors (Lipinski definition) is 1. The Morgan fingerprint density at radius 3 is 2.56 bits per heavy atom. The summed E-state index contributed by atoms with van der Waals surface area (Å²) in [5.41, 5.74) is 3.99. The fourth-order valence-corrected chi connectivity index (χ4v) is 6.78. The lowest BCUT2D eigenvalue weighted by molar-refractivity contribution is 0.0289. The van der Waals surface area contributed by atoms with Crippen molar-refractivity contribution in [3.8, 4) is 28.5 Å². The number of carbonyl (C=O) groups is 1. The van der Waals surface area contributed by atoms with E-state index in [4.69, 9.17) is 28.9 Å². The molecule has 45 heavy (non-hydrogen) atoms. The Morgan fingerprint density at radius 2 is 1.87 bits per heavy atom. The number of carbonyl (C=O) groups excluding carboxylic acids is 1. The third kappa shape index (κ3) is 6.23. The van der Waals surface area contributed by atoms with Crippen LogP contribution in [0, 0.1) is 0 Å². The molecule has 0 aliphatic carbocycles. The molecule has 11 nitrogen and oxygen atoms in total. The van der Waals surface area contributed by atoms with E-state index < -0.39 is 5.60 Å². The van der Waals surface area contributed by atoms with Gasteiger partial charge in [0.1, 0.15) is 10.2 Å². The Morgan fingerprint density at radius 1 is 1.11 bits per heavy atom. The number of fused-ring (bicyclic) bond motifs is 2. The van der Waals surface area contributed by atoms with Crippen LogP contribution in [0.3, 0.4) is 0 Å². The lowest BCUT2D eigenvalue weighted by atomic mass is 10.1. The first-order valence-corrected chi connectivity index (χ1v) is 16.2. The molecule has 0 bridgehead atoms. The number of nitrogens with zero attached hydrogens (tertiary/aromatic N) is 5. The monoisotopic (exact) mass is 694 g/mol. The van der Waals surface area contributed by atoms with Crippen LogP contribution in [0.2, 0.25) is 0 Å².